The van der Waals surface area contributed by atoms with Gasteiger partial charge in [0.1, 0.15) is 4.83 Å². The van der Waals surface area contributed by atoms with Gasteiger partial charge in [0.25, 0.3) is 11.5 Å². The quantitative estimate of drug-likeness (QED) is 0.794. The molecule has 3 rings (SSSR count). The van der Waals surface area contributed by atoms with Crippen LogP contribution < -0.4 is 10.9 Å². The van der Waals surface area contributed by atoms with Crippen LogP contribution in [-0.2, 0) is 7.05 Å². The molecule has 0 fully saturated rings. The summed E-state index contributed by atoms with van der Waals surface area (Å²) in [6.45, 7) is 4.42. The minimum Gasteiger partial charge on any atom is -0.351 e. The molecule has 6 heteroatoms. The minimum absolute atomic E-state index is 0.120. The van der Waals surface area contributed by atoms with Crippen LogP contribution >= 0.6 is 11.3 Å². The van der Waals surface area contributed by atoms with E-state index in [9.17, 15) is 9.59 Å². The number of nitrogens with one attached hydrogen (secondary N) is 1. The van der Waals surface area contributed by atoms with Crippen LogP contribution in [-0.4, -0.2) is 22.0 Å². The molecule has 1 atom stereocenters. The number of fused-ring (bicyclic) bond motifs is 1. The van der Waals surface area contributed by atoms with Crippen LogP contribution in [0, 0.1) is 6.92 Å². The van der Waals surface area contributed by atoms with E-state index in [1.54, 1.807) is 14.0 Å². The molecule has 0 saturated heterocycles. The molecule has 1 N–H and O–H groups in total. The predicted octanol–water partition coefficient (Wildman–Crippen LogP) is 2.84. The summed E-state index contributed by atoms with van der Waals surface area (Å²) in [7, 11) is 1.66. The third kappa shape index (κ3) is 2.97. The van der Waals surface area contributed by atoms with Gasteiger partial charge in [-0.25, -0.2) is 4.98 Å². The first-order valence-corrected chi connectivity index (χ1v) is 8.58. The van der Waals surface area contributed by atoms with Gasteiger partial charge in [0.2, 0.25) is 0 Å². The molecule has 0 spiro atoms. The number of aryl methyl sites for hydroxylation is 2. The van der Waals surface area contributed by atoms with E-state index in [0.717, 1.165) is 0 Å². The van der Waals surface area contributed by atoms with Gasteiger partial charge < -0.3 is 9.88 Å². The second kappa shape index (κ2) is 6.57. The van der Waals surface area contributed by atoms with Crippen molar-refractivity contribution in [3.05, 3.63) is 63.0 Å². The number of aromatic nitrogens is 2. The Morgan fingerprint density at radius 1 is 1.33 bits per heavy atom. The third-order valence-corrected chi connectivity index (χ3v) is 5.35. The van der Waals surface area contributed by atoms with Crippen molar-refractivity contribution in [2.45, 2.75) is 19.8 Å². The normalized spacial score (nSPS) is 12.3. The largest absolute Gasteiger partial charge is 0.351 e. The van der Waals surface area contributed by atoms with Gasteiger partial charge in [-0.2, -0.15) is 0 Å². The van der Waals surface area contributed by atoms with E-state index < -0.39 is 0 Å². The summed E-state index contributed by atoms with van der Waals surface area (Å²) in [5.74, 6) is 0.0659. The summed E-state index contributed by atoms with van der Waals surface area (Å²) in [4.78, 5) is 30.2. The van der Waals surface area contributed by atoms with Gasteiger partial charge in [0.05, 0.1) is 16.6 Å². The molecule has 0 radical (unpaired) electrons. The fourth-order valence-corrected chi connectivity index (χ4v) is 3.71. The molecule has 5 nitrogen and oxygen atoms in total. The van der Waals surface area contributed by atoms with Gasteiger partial charge in [-0.3, -0.25) is 9.59 Å². The van der Waals surface area contributed by atoms with E-state index in [1.807, 2.05) is 18.2 Å². The molecule has 3 aromatic rings. The van der Waals surface area contributed by atoms with Crippen molar-refractivity contribution in [1.82, 2.24) is 14.9 Å². The van der Waals surface area contributed by atoms with Crippen molar-refractivity contribution in [3.63, 3.8) is 0 Å². The van der Waals surface area contributed by atoms with Crippen LogP contribution in [0.4, 0.5) is 0 Å². The molecule has 0 bridgehead atoms. The highest BCUT2D eigenvalue weighted by molar-refractivity contribution is 7.20. The van der Waals surface area contributed by atoms with Crippen LogP contribution in [0.5, 0.6) is 0 Å². The number of amides is 1. The van der Waals surface area contributed by atoms with Crippen LogP contribution in [0.3, 0.4) is 0 Å². The van der Waals surface area contributed by atoms with Crippen LogP contribution in [0.2, 0.25) is 0 Å². The van der Waals surface area contributed by atoms with Crippen molar-refractivity contribution in [3.8, 4) is 0 Å². The summed E-state index contributed by atoms with van der Waals surface area (Å²) in [5.41, 5.74) is 1.76. The van der Waals surface area contributed by atoms with E-state index in [2.05, 4.69) is 29.4 Å². The van der Waals surface area contributed by atoms with Crippen molar-refractivity contribution in [1.29, 1.82) is 0 Å². The molecule has 0 aliphatic carbocycles. The Morgan fingerprint density at radius 3 is 2.75 bits per heavy atom. The Kier molecular flexibility index (Phi) is 4.49. The van der Waals surface area contributed by atoms with Gasteiger partial charge >= 0.3 is 0 Å². The number of benzene rings is 1. The summed E-state index contributed by atoms with van der Waals surface area (Å²) in [5, 5.41) is 3.50. The van der Waals surface area contributed by atoms with Gasteiger partial charge in [-0.15, -0.1) is 11.3 Å². The number of nitrogens with zero attached hydrogens (tertiary/aromatic N) is 2. The van der Waals surface area contributed by atoms with Crippen molar-refractivity contribution in [2.24, 2.45) is 7.05 Å². The third-order valence-electron chi connectivity index (χ3n) is 4.15. The molecule has 2 heterocycles. The standard InChI is InChI=1S/C18H19N3O2S/c1-11(13-7-5-4-6-8-13)9-19-16(22)15-12(2)14-17(24-15)20-10-21(3)18(14)23/h4-8,10-11H,9H2,1-3H3,(H,19,22). The molecule has 1 amide bonds. The van der Waals surface area contributed by atoms with Crippen molar-refractivity contribution >= 4 is 27.5 Å². The lowest BCUT2D eigenvalue weighted by Crippen LogP contribution is -2.27. The molecule has 124 valence electrons. The molecule has 1 unspecified atom stereocenters. The number of carbonyl (C=O) groups excluding carboxylic acids is 1. The highest BCUT2D eigenvalue weighted by atomic mass is 32.1. The zero-order valence-corrected chi connectivity index (χ0v) is 14.7. The highest BCUT2D eigenvalue weighted by Gasteiger charge is 2.19. The number of thiophene rings is 1. The lowest BCUT2D eigenvalue weighted by Gasteiger charge is -2.12. The zero-order valence-electron chi connectivity index (χ0n) is 13.9. The second-order valence-electron chi connectivity index (χ2n) is 5.92. The summed E-state index contributed by atoms with van der Waals surface area (Å²) in [6, 6.07) is 10.1. The van der Waals surface area contributed by atoms with E-state index in [0.29, 0.717) is 27.2 Å². The first kappa shape index (κ1) is 16.4. The smallest absolute Gasteiger partial charge is 0.262 e. The van der Waals surface area contributed by atoms with Gasteiger partial charge in [-0.05, 0) is 24.0 Å². The van der Waals surface area contributed by atoms with Crippen molar-refractivity contribution in [2.75, 3.05) is 6.54 Å². The Bertz CT molecular complexity index is 944. The number of carbonyl (C=O) groups is 1. The Balaban J connectivity index is 1.81. The van der Waals surface area contributed by atoms with E-state index >= 15 is 0 Å². The zero-order chi connectivity index (χ0) is 17.3. The number of hydrogen-bond acceptors (Lipinski definition) is 4. The monoisotopic (exact) mass is 341 g/mol. The molecule has 0 aliphatic heterocycles. The van der Waals surface area contributed by atoms with Crippen molar-refractivity contribution < 1.29 is 4.79 Å². The van der Waals surface area contributed by atoms with Crippen LogP contribution in [0.1, 0.15) is 33.6 Å². The van der Waals surface area contributed by atoms with E-state index in [4.69, 9.17) is 0 Å². The molecule has 2 aromatic heterocycles. The number of rotatable bonds is 4. The number of hydrogen-bond donors (Lipinski definition) is 1. The molecule has 1 aromatic carbocycles. The summed E-state index contributed by atoms with van der Waals surface area (Å²) >= 11 is 1.27. The van der Waals surface area contributed by atoms with Crippen LogP contribution in [0.25, 0.3) is 10.2 Å². The molecule has 0 saturated carbocycles. The summed E-state index contributed by atoms with van der Waals surface area (Å²) < 4.78 is 1.43. The first-order chi connectivity index (χ1) is 11.5. The molecular formula is C18H19N3O2S. The fourth-order valence-electron chi connectivity index (χ4n) is 2.65. The Labute approximate surface area is 144 Å². The fraction of sp³-hybridized carbons (Fsp3) is 0.278. The lowest BCUT2D eigenvalue weighted by molar-refractivity contribution is 0.0955. The average molecular weight is 341 g/mol. The van der Waals surface area contributed by atoms with Gasteiger partial charge in [0.15, 0.2) is 0 Å². The highest BCUT2D eigenvalue weighted by Crippen LogP contribution is 2.26. The second-order valence-corrected chi connectivity index (χ2v) is 6.92. The maximum Gasteiger partial charge on any atom is 0.262 e. The molecular weight excluding hydrogens is 322 g/mol. The minimum atomic E-state index is -0.152. The maximum atomic E-state index is 12.5. The van der Waals surface area contributed by atoms with E-state index in [1.165, 1.54) is 27.8 Å². The van der Waals surface area contributed by atoms with Gasteiger partial charge in [-0.1, -0.05) is 37.3 Å². The predicted molar refractivity (Wildman–Crippen MR) is 96.8 cm³/mol. The molecule has 24 heavy (non-hydrogen) atoms. The van der Waals surface area contributed by atoms with E-state index in [-0.39, 0.29) is 17.4 Å². The SMILES string of the molecule is Cc1c(C(=O)NCC(C)c2ccccc2)sc2ncn(C)c(=O)c12. The lowest BCUT2D eigenvalue weighted by atomic mass is 10.0. The first-order valence-electron chi connectivity index (χ1n) is 7.77. The maximum absolute atomic E-state index is 12.5. The topological polar surface area (TPSA) is 64.0 Å². The molecule has 0 aliphatic rings. The Hall–Kier alpha value is -2.47. The van der Waals surface area contributed by atoms with Crippen LogP contribution in [0.15, 0.2) is 41.5 Å². The average Bonchev–Trinajstić information content (AvgIpc) is 2.94. The summed E-state index contributed by atoms with van der Waals surface area (Å²) in [6.07, 6.45) is 1.49. The Morgan fingerprint density at radius 2 is 2.04 bits per heavy atom. The van der Waals surface area contributed by atoms with Gasteiger partial charge in [0, 0.05) is 13.6 Å².